The number of tetrazole rings is 1. The number of fused-ring (bicyclic) bond motifs is 1. The molecule has 2 aliphatic rings. The number of nitrogens with zero attached hydrogens (tertiary/aromatic N) is 3. The van der Waals surface area contributed by atoms with Crippen LogP contribution >= 0.6 is 0 Å². The predicted octanol–water partition coefficient (Wildman–Crippen LogP) is 0.985. The molecule has 0 aromatic carbocycles. The number of hydrogen-bond donors (Lipinski definition) is 3. The molecule has 28 heavy (non-hydrogen) atoms. The van der Waals surface area contributed by atoms with E-state index in [1.807, 2.05) is 6.92 Å². The highest BCUT2D eigenvalue weighted by Gasteiger charge is 2.38. The molecule has 3 N–H and O–H groups in total. The predicted molar refractivity (Wildman–Crippen MR) is 102 cm³/mol. The molecule has 1 aromatic heterocycles. The molecule has 1 aliphatic heterocycles. The van der Waals surface area contributed by atoms with Crippen LogP contribution in [-0.2, 0) is 20.7 Å². The first-order valence-electron chi connectivity index (χ1n) is 11.5. The number of aromatic amines is 1. The summed E-state index contributed by atoms with van der Waals surface area (Å²) in [6.07, 6.45) is 4.59. The number of carbonyl (C=O) groups is 2. The van der Waals surface area contributed by atoms with Gasteiger partial charge in [0.2, 0.25) is 5.91 Å². The molecule has 0 unspecified atom stereocenters. The molecule has 5 atom stereocenters. The number of piperidine rings is 1. The smallest absolute Gasteiger partial charge is 0.323 e. The van der Waals surface area contributed by atoms with E-state index in [4.69, 9.17) is 8.85 Å². The van der Waals surface area contributed by atoms with E-state index in [0.29, 0.717) is 31.0 Å². The summed E-state index contributed by atoms with van der Waals surface area (Å²) < 4.78 is 30.9. The van der Waals surface area contributed by atoms with Gasteiger partial charge in [0.25, 0.3) is 0 Å². The number of ether oxygens (including phenoxy) is 1. The van der Waals surface area contributed by atoms with Crippen molar-refractivity contribution in [1.29, 1.82) is 0 Å². The van der Waals surface area contributed by atoms with E-state index in [2.05, 4.69) is 31.3 Å². The molecule has 1 saturated carbocycles. The largest absolute Gasteiger partial charge is 0.464 e. The van der Waals surface area contributed by atoms with Crippen molar-refractivity contribution in [3.63, 3.8) is 0 Å². The molecular weight excluding hydrogens is 360 g/mol. The highest BCUT2D eigenvalue weighted by molar-refractivity contribution is 5.76. The van der Waals surface area contributed by atoms with Crippen molar-refractivity contribution in [2.24, 2.45) is 17.8 Å². The van der Waals surface area contributed by atoms with Crippen molar-refractivity contribution in [2.75, 3.05) is 13.1 Å². The summed E-state index contributed by atoms with van der Waals surface area (Å²) in [5, 5.41) is 19.3. The maximum absolute atomic E-state index is 12.7. The molecule has 1 amide bonds. The van der Waals surface area contributed by atoms with E-state index < -0.39 is 18.5 Å². The Kier molecular flexibility index (Phi) is 6.00. The highest BCUT2D eigenvalue weighted by atomic mass is 16.5. The van der Waals surface area contributed by atoms with E-state index in [1.54, 1.807) is 0 Å². The topological polar surface area (TPSA) is 122 Å². The van der Waals surface area contributed by atoms with Gasteiger partial charge in [-0.2, -0.15) is 5.21 Å². The first-order chi connectivity index (χ1) is 14.6. The van der Waals surface area contributed by atoms with E-state index in [1.165, 1.54) is 6.92 Å². The minimum Gasteiger partial charge on any atom is -0.464 e. The monoisotopic (exact) mass is 395 g/mol. The van der Waals surface area contributed by atoms with Gasteiger partial charge in [0.05, 0.1) is 7.98 Å². The lowest BCUT2D eigenvalue weighted by Gasteiger charge is -2.42. The van der Waals surface area contributed by atoms with Crippen molar-refractivity contribution in [3.8, 4) is 0 Å². The third kappa shape index (κ3) is 5.98. The van der Waals surface area contributed by atoms with Gasteiger partial charge in [-0.3, -0.25) is 9.59 Å². The highest BCUT2D eigenvalue weighted by Crippen LogP contribution is 2.40. The number of aromatic nitrogens is 4. The number of rotatable bonds is 8. The zero-order chi connectivity index (χ0) is 22.6. The fourth-order valence-electron chi connectivity index (χ4n) is 4.12. The zero-order valence-electron chi connectivity index (χ0n) is 19.5. The summed E-state index contributed by atoms with van der Waals surface area (Å²) in [4.78, 5) is 23.8. The number of H-pyrrole nitrogens is 1. The third-order valence-corrected chi connectivity index (χ3v) is 5.61. The lowest BCUT2D eigenvalue weighted by molar-refractivity contribution is -0.148. The molecule has 1 aliphatic carbocycles. The molecule has 9 nitrogen and oxygen atoms in total. The maximum atomic E-state index is 12.7. The van der Waals surface area contributed by atoms with Crippen LogP contribution in [0.3, 0.4) is 0 Å². The molecule has 2 heterocycles. The summed E-state index contributed by atoms with van der Waals surface area (Å²) in [5.74, 6) is -0.209. The maximum Gasteiger partial charge on any atom is 0.323 e. The SMILES string of the molecule is [2H]C1([2H])N[C@]([2H])(C(=O)OCC[C@H](C)NC(C)=O)C[C@H]2C[C@@H](CCc3nn[nH]n3)CC[C@H]21. The summed E-state index contributed by atoms with van der Waals surface area (Å²) in [6.45, 7) is 1.48. The van der Waals surface area contributed by atoms with Crippen LogP contribution in [0, 0.1) is 17.8 Å². The quantitative estimate of drug-likeness (QED) is 0.561. The summed E-state index contributed by atoms with van der Waals surface area (Å²) in [6, 6.07) is -1.97. The van der Waals surface area contributed by atoms with Gasteiger partial charge in [-0.25, -0.2) is 0 Å². The number of aryl methyl sites for hydroxylation is 1. The molecule has 9 heteroatoms. The van der Waals surface area contributed by atoms with E-state index in [-0.39, 0.29) is 36.8 Å². The van der Waals surface area contributed by atoms with Crippen LogP contribution in [-0.4, -0.2) is 57.7 Å². The molecule has 1 aromatic rings. The molecule has 0 spiro atoms. The second-order valence-electron chi connectivity index (χ2n) is 7.89. The average Bonchev–Trinajstić information content (AvgIpc) is 3.18. The first kappa shape index (κ1) is 16.9. The van der Waals surface area contributed by atoms with Crippen LogP contribution in [0.25, 0.3) is 0 Å². The Morgan fingerprint density at radius 3 is 3.00 bits per heavy atom. The van der Waals surface area contributed by atoms with Gasteiger partial charge in [0.1, 0.15) is 6.02 Å². The van der Waals surface area contributed by atoms with Crippen LogP contribution in [0.15, 0.2) is 0 Å². The summed E-state index contributed by atoms with van der Waals surface area (Å²) in [7, 11) is 0. The molecule has 1 saturated heterocycles. The second-order valence-corrected chi connectivity index (χ2v) is 7.89. The Morgan fingerprint density at radius 2 is 2.25 bits per heavy atom. The molecular formula is C19H32N6O3. The number of amides is 1. The number of esters is 1. The minimum absolute atomic E-state index is 0.0625. The van der Waals surface area contributed by atoms with Crippen LogP contribution in [0.4, 0.5) is 0 Å². The van der Waals surface area contributed by atoms with Crippen molar-refractivity contribution in [2.45, 2.75) is 70.9 Å². The van der Waals surface area contributed by atoms with E-state index in [0.717, 1.165) is 19.3 Å². The van der Waals surface area contributed by atoms with E-state index >= 15 is 0 Å². The Labute approximate surface area is 170 Å². The van der Waals surface area contributed by atoms with Gasteiger partial charge in [0.15, 0.2) is 5.82 Å². The van der Waals surface area contributed by atoms with Gasteiger partial charge in [0, 0.05) is 28.5 Å². The number of carbonyl (C=O) groups excluding carboxylic acids is 2. The molecule has 156 valence electrons. The van der Waals surface area contributed by atoms with Crippen LogP contribution in [0.5, 0.6) is 0 Å². The normalized spacial score (nSPS) is 34.2. The van der Waals surface area contributed by atoms with Crippen LogP contribution < -0.4 is 10.6 Å². The summed E-state index contributed by atoms with van der Waals surface area (Å²) >= 11 is 0. The zero-order valence-corrected chi connectivity index (χ0v) is 16.5. The Bertz CT molecular complexity index is 765. The van der Waals surface area contributed by atoms with Gasteiger partial charge in [-0.05, 0) is 56.9 Å². The van der Waals surface area contributed by atoms with Crippen molar-refractivity contribution in [1.82, 2.24) is 31.3 Å². The fraction of sp³-hybridized carbons (Fsp3) is 0.842. The van der Waals surface area contributed by atoms with Gasteiger partial charge < -0.3 is 15.4 Å². The van der Waals surface area contributed by atoms with Gasteiger partial charge in [-0.1, -0.05) is 11.6 Å². The Balaban J connectivity index is 1.56. The third-order valence-electron chi connectivity index (χ3n) is 5.61. The van der Waals surface area contributed by atoms with Gasteiger partial charge >= 0.3 is 5.97 Å². The number of nitrogens with one attached hydrogen (secondary N) is 3. The van der Waals surface area contributed by atoms with Crippen molar-refractivity contribution < 1.29 is 18.4 Å². The van der Waals surface area contributed by atoms with Crippen LogP contribution in [0.2, 0.25) is 0 Å². The minimum atomic E-state index is -1.82. The Morgan fingerprint density at radius 1 is 1.39 bits per heavy atom. The lowest BCUT2D eigenvalue weighted by Crippen LogP contribution is -2.50. The molecule has 0 radical (unpaired) electrons. The molecule has 2 fully saturated rings. The summed E-state index contributed by atoms with van der Waals surface area (Å²) in [5.41, 5.74) is 0. The van der Waals surface area contributed by atoms with Crippen molar-refractivity contribution in [3.05, 3.63) is 5.82 Å². The first-order valence-corrected chi connectivity index (χ1v) is 10.0. The van der Waals surface area contributed by atoms with Crippen molar-refractivity contribution >= 4 is 11.9 Å². The number of hydrogen-bond acceptors (Lipinski definition) is 7. The standard InChI is InChI=1S/C19H32N6O3/c1-12(21-13(2)26)7-8-28-19(27)17-10-16-9-14(3-5-15(16)11-20-17)4-6-18-22-24-25-23-18/h12,14-17,20H,3-11H2,1-2H3,(H,21,26)(H,22,23,24,25)/t12-,14+,15-,16+,17-/m0/s1/i11D2,17D. The second kappa shape index (κ2) is 9.95. The van der Waals surface area contributed by atoms with Gasteiger partial charge in [-0.15, -0.1) is 10.2 Å². The fourth-order valence-corrected chi connectivity index (χ4v) is 4.12. The average molecular weight is 396 g/mol. The van der Waals surface area contributed by atoms with E-state index in [9.17, 15) is 9.59 Å². The lowest BCUT2D eigenvalue weighted by atomic mass is 9.69. The Hall–Kier alpha value is -2.03. The molecule has 0 bridgehead atoms. The van der Waals surface area contributed by atoms with Crippen LogP contribution in [0.1, 0.15) is 62.3 Å². The molecule has 3 rings (SSSR count).